The summed E-state index contributed by atoms with van der Waals surface area (Å²) >= 11 is 1.71. The Hall–Kier alpha value is -2.25. The van der Waals surface area contributed by atoms with Gasteiger partial charge in [-0.15, -0.1) is 11.3 Å². The molecule has 5 rings (SSSR count). The van der Waals surface area contributed by atoms with Crippen LogP contribution in [0.15, 0.2) is 35.7 Å². The fraction of sp³-hybridized carbons (Fsp3) is 0.621. The van der Waals surface area contributed by atoms with Crippen molar-refractivity contribution >= 4 is 17.2 Å². The third-order valence-electron chi connectivity index (χ3n) is 8.14. The Kier molecular flexibility index (Phi) is 8.70. The van der Waals surface area contributed by atoms with Gasteiger partial charge in [-0.3, -0.25) is 10.1 Å². The van der Waals surface area contributed by atoms with Crippen LogP contribution in [0, 0.1) is 5.41 Å². The zero-order valence-electron chi connectivity index (χ0n) is 21.3. The molecular formula is C29H40N2O4S. The zero-order valence-corrected chi connectivity index (χ0v) is 22.2. The monoisotopic (exact) mass is 512 g/mol. The third kappa shape index (κ3) is 6.54. The molecule has 36 heavy (non-hydrogen) atoms. The third-order valence-corrected chi connectivity index (χ3v) is 9.00. The van der Waals surface area contributed by atoms with Crippen LogP contribution in [-0.2, 0) is 11.3 Å². The summed E-state index contributed by atoms with van der Waals surface area (Å²) in [6, 6.07) is 9.65. The summed E-state index contributed by atoms with van der Waals surface area (Å²) in [5.41, 5.74) is 0.340. The van der Waals surface area contributed by atoms with Crippen molar-refractivity contribution in [1.29, 1.82) is 0 Å². The number of fused-ring (bicyclic) bond motifs is 1. The number of thiophene rings is 1. The molecule has 3 heterocycles. The van der Waals surface area contributed by atoms with Crippen molar-refractivity contribution in [2.45, 2.75) is 89.8 Å². The van der Waals surface area contributed by atoms with Crippen molar-refractivity contribution in [3.63, 3.8) is 0 Å². The van der Waals surface area contributed by atoms with E-state index < -0.39 is 0 Å². The van der Waals surface area contributed by atoms with Gasteiger partial charge in [0.2, 0.25) is 6.79 Å². The average molecular weight is 513 g/mol. The molecule has 3 aliphatic rings. The molecule has 1 unspecified atom stereocenters. The highest BCUT2D eigenvalue weighted by Crippen LogP contribution is 2.43. The van der Waals surface area contributed by atoms with Gasteiger partial charge < -0.3 is 19.1 Å². The Labute approximate surface area is 219 Å². The smallest absolute Gasteiger partial charge is 0.262 e. The van der Waals surface area contributed by atoms with Gasteiger partial charge in [-0.05, 0) is 61.2 Å². The number of rotatable bonds is 6. The number of ether oxygens (including phenoxy) is 3. The van der Waals surface area contributed by atoms with Crippen LogP contribution >= 0.6 is 11.3 Å². The highest BCUT2D eigenvalue weighted by atomic mass is 32.1. The van der Waals surface area contributed by atoms with Crippen LogP contribution in [0.3, 0.4) is 0 Å². The number of hydrogen-bond acceptors (Lipinski definition) is 6. The van der Waals surface area contributed by atoms with E-state index in [0.29, 0.717) is 29.2 Å². The van der Waals surface area contributed by atoms with Crippen molar-refractivity contribution in [2.75, 3.05) is 19.9 Å². The molecular weight excluding hydrogens is 472 g/mol. The minimum Gasteiger partial charge on any atom is -0.484 e. The van der Waals surface area contributed by atoms with Gasteiger partial charge in [-0.25, -0.2) is 0 Å². The summed E-state index contributed by atoms with van der Waals surface area (Å²) in [7, 11) is 0. The molecule has 7 heteroatoms. The molecule has 1 aromatic carbocycles. The van der Waals surface area contributed by atoms with Crippen molar-refractivity contribution in [3.05, 3.63) is 40.6 Å². The van der Waals surface area contributed by atoms with Gasteiger partial charge in [0.15, 0.2) is 18.1 Å². The molecule has 0 bridgehead atoms. The SMILES string of the molecule is O=C(COc1ccc2c(c1)OCO2)N(Cc1cccs1)C1CC2(CCCCCCCCCC2)CCN1. The molecule has 2 aromatic rings. The highest BCUT2D eigenvalue weighted by Gasteiger charge is 2.39. The predicted molar refractivity (Wildman–Crippen MR) is 143 cm³/mol. The number of benzene rings is 1. The van der Waals surface area contributed by atoms with E-state index >= 15 is 0 Å². The fourth-order valence-corrected chi connectivity index (χ4v) is 6.79. The van der Waals surface area contributed by atoms with Crippen LogP contribution in [0.2, 0.25) is 0 Å². The minimum atomic E-state index is 0.0101. The molecule has 1 spiro atoms. The van der Waals surface area contributed by atoms with E-state index in [9.17, 15) is 4.79 Å². The predicted octanol–water partition coefficient (Wildman–Crippen LogP) is 6.49. The maximum absolute atomic E-state index is 13.6. The molecule has 6 nitrogen and oxygen atoms in total. The Morgan fingerprint density at radius 1 is 1.00 bits per heavy atom. The summed E-state index contributed by atoms with van der Waals surface area (Å²) in [6.45, 7) is 1.83. The van der Waals surface area contributed by atoms with E-state index in [0.717, 1.165) is 13.0 Å². The molecule has 1 aliphatic carbocycles. The van der Waals surface area contributed by atoms with Gasteiger partial charge in [0.1, 0.15) is 5.75 Å². The lowest BCUT2D eigenvalue weighted by Crippen LogP contribution is -2.55. The quantitative estimate of drug-likeness (QED) is 0.479. The lowest BCUT2D eigenvalue weighted by Gasteiger charge is -2.46. The van der Waals surface area contributed by atoms with Gasteiger partial charge in [-0.2, -0.15) is 0 Å². The Balaban J connectivity index is 1.28. The first kappa shape index (κ1) is 25.4. The fourth-order valence-electron chi connectivity index (χ4n) is 6.09. The normalized spacial score (nSPS) is 22.1. The Morgan fingerprint density at radius 3 is 2.50 bits per heavy atom. The molecule has 1 saturated carbocycles. The van der Waals surface area contributed by atoms with Crippen molar-refractivity contribution in [2.24, 2.45) is 5.41 Å². The minimum absolute atomic E-state index is 0.0101. The number of carbonyl (C=O) groups is 1. The number of nitrogens with zero attached hydrogens (tertiary/aromatic N) is 1. The number of amides is 1. The summed E-state index contributed by atoms with van der Waals surface area (Å²) < 4.78 is 16.8. The van der Waals surface area contributed by atoms with E-state index in [4.69, 9.17) is 14.2 Å². The summed E-state index contributed by atoms with van der Waals surface area (Å²) in [5, 5.41) is 5.79. The Morgan fingerprint density at radius 2 is 1.75 bits per heavy atom. The first-order chi connectivity index (χ1) is 17.7. The standard InChI is InChI=1S/C29H40N2O4S/c32-28(21-33-23-11-12-25-26(18-23)35-22-34-25)31(20-24-10-9-17-36-24)27-19-29(15-16-30-27)13-7-5-3-1-2-4-6-8-14-29/h9-12,17-18,27,30H,1-8,13-16,19-22H2. The van der Waals surface area contributed by atoms with E-state index in [2.05, 4.69) is 22.8 Å². The molecule has 2 aliphatic heterocycles. The van der Waals surface area contributed by atoms with Gasteiger partial charge >= 0.3 is 0 Å². The molecule has 1 amide bonds. The number of piperidine rings is 1. The van der Waals surface area contributed by atoms with E-state index in [1.54, 1.807) is 17.4 Å². The first-order valence-corrected chi connectivity index (χ1v) is 14.7. The second-order valence-corrected chi connectivity index (χ2v) is 11.7. The van der Waals surface area contributed by atoms with Crippen molar-refractivity contribution in [3.8, 4) is 17.2 Å². The van der Waals surface area contributed by atoms with Crippen LogP contribution in [0.5, 0.6) is 17.2 Å². The average Bonchev–Trinajstić information content (AvgIpc) is 3.58. The van der Waals surface area contributed by atoms with Crippen LogP contribution in [0.25, 0.3) is 0 Å². The van der Waals surface area contributed by atoms with E-state index in [-0.39, 0.29) is 25.5 Å². The van der Waals surface area contributed by atoms with Crippen LogP contribution in [0.4, 0.5) is 0 Å². The molecule has 1 saturated heterocycles. The van der Waals surface area contributed by atoms with Crippen molar-refractivity contribution < 1.29 is 19.0 Å². The second kappa shape index (κ2) is 12.3. The molecule has 196 valence electrons. The molecule has 0 radical (unpaired) electrons. The van der Waals surface area contributed by atoms with Gasteiger partial charge in [0, 0.05) is 10.9 Å². The highest BCUT2D eigenvalue weighted by molar-refractivity contribution is 7.09. The number of hydrogen-bond donors (Lipinski definition) is 1. The van der Waals surface area contributed by atoms with E-state index in [1.807, 2.05) is 17.0 Å². The summed E-state index contributed by atoms with van der Waals surface area (Å²) in [6.07, 6.45) is 15.7. The second-order valence-electron chi connectivity index (χ2n) is 10.7. The molecule has 1 atom stereocenters. The van der Waals surface area contributed by atoms with Gasteiger partial charge in [-0.1, -0.05) is 57.4 Å². The van der Waals surface area contributed by atoms with Gasteiger partial charge in [0.25, 0.3) is 5.91 Å². The lowest BCUT2D eigenvalue weighted by atomic mass is 9.70. The van der Waals surface area contributed by atoms with Crippen LogP contribution in [0.1, 0.15) is 81.9 Å². The van der Waals surface area contributed by atoms with Crippen molar-refractivity contribution in [1.82, 2.24) is 10.2 Å². The van der Waals surface area contributed by atoms with E-state index in [1.165, 1.54) is 75.5 Å². The number of carbonyl (C=O) groups excluding carboxylic acids is 1. The molecule has 1 aromatic heterocycles. The van der Waals surface area contributed by atoms with Crippen LogP contribution < -0.4 is 19.5 Å². The maximum Gasteiger partial charge on any atom is 0.262 e. The lowest BCUT2D eigenvalue weighted by molar-refractivity contribution is -0.139. The maximum atomic E-state index is 13.6. The molecule has 1 N–H and O–H groups in total. The van der Waals surface area contributed by atoms with Gasteiger partial charge in [0.05, 0.1) is 12.7 Å². The van der Waals surface area contributed by atoms with Crippen LogP contribution in [-0.4, -0.2) is 36.9 Å². The largest absolute Gasteiger partial charge is 0.484 e. The Bertz CT molecular complexity index is 968. The topological polar surface area (TPSA) is 60.0 Å². The number of nitrogens with one attached hydrogen (secondary N) is 1. The summed E-state index contributed by atoms with van der Waals surface area (Å²) in [4.78, 5) is 16.9. The zero-order chi connectivity index (χ0) is 24.6. The first-order valence-electron chi connectivity index (χ1n) is 13.8. The molecule has 2 fully saturated rings. The summed E-state index contributed by atoms with van der Waals surface area (Å²) in [5.74, 6) is 2.02.